The third-order valence-electron chi connectivity index (χ3n) is 7.33. The van der Waals surface area contributed by atoms with Gasteiger partial charge in [0.25, 0.3) is 5.91 Å². The highest BCUT2D eigenvalue weighted by atomic mass is 32.2. The molecule has 3 N–H and O–H groups in total. The summed E-state index contributed by atoms with van der Waals surface area (Å²) in [5, 5.41) is 11.3. The van der Waals surface area contributed by atoms with Gasteiger partial charge in [0.1, 0.15) is 5.82 Å². The number of benzene rings is 1. The lowest BCUT2D eigenvalue weighted by Gasteiger charge is -2.38. The van der Waals surface area contributed by atoms with Gasteiger partial charge in [0.05, 0.1) is 42.6 Å². The van der Waals surface area contributed by atoms with Gasteiger partial charge in [-0.15, -0.1) is 0 Å². The van der Waals surface area contributed by atoms with Crippen LogP contribution in [0.3, 0.4) is 0 Å². The number of carbonyl (C=O) groups excluding carboxylic acids is 1. The largest absolute Gasteiger partial charge is 0.395 e. The summed E-state index contributed by atoms with van der Waals surface area (Å²) < 4.78 is 52.9. The second kappa shape index (κ2) is 11.3. The van der Waals surface area contributed by atoms with Crippen molar-refractivity contribution in [2.24, 2.45) is 0 Å². The Morgan fingerprint density at radius 2 is 1.76 bits per heavy atom. The van der Waals surface area contributed by atoms with Gasteiger partial charge < -0.3 is 15.3 Å². The van der Waals surface area contributed by atoms with E-state index in [1.54, 1.807) is 24.3 Å². The lowest BCUT2D eigenvalue weighted by atomic mass is 10.1. The van der Waals surface area contributed by atoms with Crippen molar-refractivity contribution in [2.45, 2.75) is 61.1 Å². The van der Waals surface area contributed by atoms with Gasteiger partial charge in [-0.25, -0.2) is 21.8 Å². The topological polar surface area (TPSA) is 146 Å². The van der Waals surface area contributed by atoms with Crippen molar-refractivity contribution in [3.05, 3.63) is 42.0 Å². The molecule has 10 nitrogen and oxygen atoms in total. The Kier molecular flexibility index (Phi) is 8.50. The first kappa shape index (κ1) is 28.5. The number of carbonyl (C=O) groups is 1. The van der Waals surface area contributed by atoms with E-state index in [0.29, 0.717) is 29.8 Å². The van der Waals surface area contributed by atoms with Crippen molar-refractivity contribution in [3.8, 4) is 0 Å². The van der Waals surface area contributed by atoms with Gasteiger partial charge in [-0.1, -0.05) is 32.0 Å². The predicted octanol–water partition coefficient (Wildman–Crippen LogP) is 3.31. The highest BCUT2D eigenvalue weighted by Crippen LogP contribution is 2.32. The van der Waals surface area contributed by atoms with Crippen LogP contribution in [-0.4, -0.2) is 71.6 Å². The molecule has 2 aromatic rings. The first-order chi connectivity index (χ1) is 17.9. The van der Waals surface area contributed by atoms with Crippen LogP contribution in [0.5, 0.6) is 0 Å². The molecule has 0 unspecified atom stereocenters. The van der Waals surface area contributed by atoms with Crippen LogP contribution >= 0.6 is 0 Å². The highest BCUT2D eigenvalue weighted by molar-refractivity contribution is 7.92. The molecular formula is C25H36N4O6S2Si. The van der Waals surface area contributed by atoms with Gasteiger partial charge >= 0.3 is 0 Å². The number of aromatic nitrogens is 1. The Morgan fingerprint density at radius 3 is 2.42 bits per heavy atom. The van der Waals surface area contributed by atoms with Crippen LogP contribution in [0.2, 0.25) is 25.2 Å². The van der Waals surface area contributed by atoms with Crippen molar-refractivity contribution < 1.29 is 26.7 Å². The number of aliphatic hydroxyl groups excluding tert-OH is 1. The summed E-state index contributed by atoms with van der Waals surface area (Å²) in [6.45, 7) is 5.65. The molecule has 1 aliphatic carbocycles. The van der Waals surface area contributed by atoms with Gasteiger partial charge in [-0.2, -0.15) is 0 Å². The fourth-order valence-corrected chi connectivity index (χ4v) is 9.57. The summed E-state index contributed by atoms with van der Waals surface area (Å²) in [5.74, 6) is -0.755. The number of hydrogen-bond acceptors (Lipinski definition) is 8. The minimum Gasteiger partial charge on any atom is -0.395 e. The summed E-state index contributed by atoms with van der Waals surface area (Å²) in [5.41, 5.74) is 1.23. The van der Waals surface area contributed by atoms with E-state index in [1.165, 1.54) is 12.1 Å². The van der Waals surface area contributed by atoms with Crippen LogP contribution in [0.15, 0.2) is 41.4 Å². The van der Waals surface area contributed by atoms with Crippen molar-refractivity contribution in [1.82, 2.24) is 4.98 Å². The van der Waals surface area contributed by atoms with Crippen molar-refractivity contribution in [1.29, 1.82) is 0 Å². The van der Waals surface area contributed by atoms with Crippen LogP contribution in [-0.2, 0) is 19.9 Å². The molecule has 0 radical (unpaired) electrons. The molecule has 1 aromatic carbocycles. The molecule has 1 aliphatic heterocycles. The molecular weight excluding hydrogens is 545 g/mol. The Bertz CT molecular complexity index is 1380. The highest BCUT2D eigenvalue weighted by Gasteiger charge is 2.32. The molecule has 1 amide bonds. The summed E-state index contributed by atoms with van der Waals surface area (Å²) in [4.78, 5) is 19.8. The number of anilines is 3. The number of sulfone groups is 1. The van der Waals surface area contributed by atoms with Crippen LogP contribution in [0.1, 0.15) is 36.0 Å². The molecule has 13 heteroatoms. The van der Waals surface area contributed by atoms with Crippen LogP contribution in [0.25, 0.3) is 0 Å². The number of amides is 1. The van der Waals surface area contributed by atoms with Gasteiger partial charge in [-0.05, 0) is 55.3 Å². The quantitative estimate of drug-likeness (QED) is 0.383. The molecule has 1 saturated heterocycles. The lowest BCUT2D eigenvalue weighted by molar-refractivity contribution is 0.102. The first-order valence-electron chi connectivity index (χ1n) is 12.9. The van der Waals surface area contributed by atoms with Gasteiger partial charge in [-0.3, -0.25) is 9.52 Å². The number of aliphatic hydroxyl groups is 1. The maximum Gasteiger partial charge on any atom is 0.258 e. The molecule has 2 heterocycles. The normalized spacial score (nSPS) is 18.3. The smallest absolute Gasteiger partial charge is 0.258 e. The monoisotopic (exact) mass is 580 g/mol. The molecule has 1 saturated carbocycles. The van der Waals surface area contributed by atoms with E-state index < -0.39 is 51.5 Å². The second-order valence-electron chi connectivity index (χ2n) is 10.8. The summed E-state index contributed by atoms with van der Waals surface area (Å²) in [6.07, 6.45) is 3.00. The average molecular weight is 581 g/mol. The third kappa shape index (κ3) is 6.74. The Morgan fingerprint density at radius 1 is 1.08 bits per heavy atom. The predicted molar refractivity (Wildman–Crippen MR) is 152 cm³/mol. The number of nitrogens with one attached hydrogen (secondary N) is 2. The van der Waals surface area contributed by atoms with E-state index in [1.807, 2.05) is 0 Å². The van der Waals surface area contributed by atoms with Gasteiger partial charge in [0.15, 0.2) is 14.9 Å². The summed E-state index contributed by atoms with van der Waals surface area (Å²) in [7, 11) is -8.63. The van der Waals surface area contributed by atoms with E-state index in [9.17, 15) is 21.6 Å². The lowest BCUT2D eigenvalue weighted by Crippen LogP contribution is -2.43. The molecule has 2 aliphatic rings. The third-order valence-corrected chi connectivity index (χ3v) is 13.9. The minimum absolute atomic E-state index is 0.0423. The van der Waals surface area contributed by atoms with Crippen LogP contribution in [0, 0.1) is 0 Å². The van der Waals surface area contributed by atoms with Crippen molar-refractivity contribution in [3.63, 3.8) is 0 Å². The van der Waals surface area contributed by atoms with Gasteiger partial charge in [0.2, 0.25) is 10.0 Å². The number of rotatable bonds is 9. The Labute approximate surface area is 225 Å². The zero-order valence-electron chi connectivity index (χ0n) is 21.8. The van der Waals surface area contributed by atoms with Crippen LogP contribution in [0.4, 0.5) is 17.2 Å². The van der Waals surface area contributed by atoms with Crippen molar-refractivity contribution >= 4 is 51.0 Å². The van der Waals surface area contributed by atoms with Crippen LogP contribution < -0.4 is 14.9 Å². The molecule has 2 fully saturated rings. The van der Waals surface area contributed by atoms with E-state index in [2.05, 4.69) is 33.0 Å². The second-order valence-corrected chi connectivity index (χ2v) is 20.1. The molecule has 0 bridgehead atoms. The Balaban J connectivity index is 1.62. The average Bonchev–Trinajstić information content (AvgIpc) is 3.40. The SMILES string of the molecule is C[Si]1(C)CCN(c2cc(NS(=O)(=O)CCO)ccc2C(=O)Nc2cccc(S(=O)(=O)C3CCCC3)n2)CC1. The Hall–Kier alpha value is -2.48. The summed E-state index contributed by atoms with van der Waals surface area (Å²) >= 11 is 0. The maximum absolute atomic E-state index is 13.4. The minimum atomic E-state index is -3.74. The first-order valence-corrected chi connectivity index (χ1v) is 19.5. The number of nitrogens with zero attached hydrogens (tertiary/aromatic N) is 2. The fourth-order valence-electron chi connectivity index (χ4n) is 4.95. The molecule has 4 rings (SSSR count). The zero-order valence-corrected chi connectivity index (χ0v) is 24.4. The molecule has 1 aromatic heterocycles. The maximum atomic E-state index is 13.4. The van der Waals surface area contributed by atoms with Gasteiger partial charge in [0, 0.05) is 13.1 Å². The van der Waals surface area contributed by atoms with E-state index in [-0.39, 0.29) is 10.8 Å². The number of sulfonamides is 1. The van der Waals surface area contributed by atoms with E-state index in [4.69, 9.17) is 5.11 Å². The van der Waals surface area contributed by atoms with E-state index in [0.717, 1.165) is 38.0 Å². The fraction of sp³-hybridized carbons (Fsp3) is 0.520. The number of pyridine rings is 1. The molecule has 208 valence electrons. The number of hydrogen-bond donors (Lipinski definition) is 3. The molecule has 38 heavy (non-hydrogen) atoms. The molecule has 0 atom stereocenters. The zero-order chi connectivity index (χ0) is 27.6. The standard InChI is InChI=1S/C25H36N4O6S2Si/c1-38(2)16-12-29(13-17-38)22-18-19(28-36(32,33)15-14-30)10-11-21(22)25(31)27-23-8-5-9-24(26-23)37(34,35)20-6-3-4-7-20/h5,8-11,18,20,28,30H,3-4,6-7,12-17H2,1-2H3,(H,26,27,31). The van der Waals surface area contributed by atoms with Crippen molar-refractivity contribution in [2.75, 3.05) is 40.4 Å². The molecule has 0 spiro atoms. The summed E-state index contributed by atoms with van der Waals surface area (Å²) in [6, 6.07) is 11.4. The van der Waals surface area contributed by atoms with E-state index >= 15 is 0 Å².